The van der Waals surface area contributed by atoms with Gasteiger partial charge >= 0.3 is 41.1 Å². The molecule has 3 aliphatic carbocycles. The van der Waals surface area contributed by atoms with Crippen molar-refractivity contribution in [2.75, 3.05) is 39.8 Å². The van der Waals surface area contributed by atoms with Gasteiger partial charge in [0.15, 0.2) is 5.78 Å². The second-order valence-corrected chi connectivity index (χ2v) is 22.9. The fraction of sp³-hybridized carbons (Fsp3) is 0.733. The number of piperidine rings is 1. The minimum absolute atomic E-state index is 0.00923. The minimum Gasteiger partial charge on any atom is -0.496 e. The third kappa shape index (κ3) is 10.3. The van der Waals surface area contributed by atoms with Crippen molar-refractivity contribution in [2.45, 2.75) is 143 Å². The number of likely N-dealkylation sites (N-methyl/N-ethyl adjacent to an activating group) is 1. The number of carbonyl (C=O) groups is 6. The van der Waals surface area contributed by atoms with Crippen LogP contribution in [0.25, 0.3) is 0 Å². The van der Waals surface area contributed by atoms with Gasteiger partial charge in [0.05, 0.1) is 24.9 Å². The molecule has 3 aliphatic heterocycles. The van der Waals surface area contributed by atoms with Crippen LogP contribution in [0.2, 0.25) is 5.82 Å². The van der Waals surface area contributed by atoms with E-state index in [-0.39, 0.29) is 93.6 Å². The van der Waals surface area contributed by atoms with Crippen LogP contribution in [-0.4, -0.2) is 128 Å². The lowest BCUT2D eigenvalue weighted by Crippen LogP contribution is -2.65. The minimum atomic E-state index is -4.21. The van der Waals surface area contributed by atoms with Crippen molar-refractivity contribution in [3.8, 4) is 5.75 Å². The monoisotopic (exact) mass is 913 g/mol. The van der Waals surface area contributed by atoms with Gasteiger partial charge < -0.3 is 29.0 Å². The molecular formula is C45H68BN5O12S. The summed E-state index contributed by atoms with van der Waals surface area (Å²) >= 11 is 0. The first kappa shape index (κ1) is 49.4. The molecule has 2 bridgehead atoms. The maximum Gasteiger partial charge on any atom is 0.461 e. The Labute approximate surface area is 378 Å². The van der Waals surface area contributed by atoms with E-state index in [4.69, 9.17) is 18.8 Å². The number of esters is 1. The number of piperazine rings is 1. The summed E-state index contributed by atoms with van der Waals surface area (Å²) in [5.74, 6) is -3.78. The van der Waals surface area contributed by atoms with Crippen molar-refractivity contribution in [1.29, 1.82) is 0 Å². The van der Waals surface area contributed by atoms with Crippen LogP contribution >= 0.6 is 0 Å². The Morgan fingerprint density at radius 2 is 1.64 bits per heavy atom. The van der Waals surface area contributed by atoms with Gasteiger partial charge in [-0.15, -0.1) is 0 Å². The fourth-order valence-corrected chi connectivity index (χ4v) is 11.7. The predicted molar refractivity (Wildman–Crippen MR) is 237 cm³/mol. The largest absolute Gasteiger partial charge is 0.496 e. The Morgan fingerprint density at radius 3 is 2.23 bits per heavy atom. The molecule has 6 fully saturated rings. The lowest BCUT2D eigenvalue weighted by atomic mass is 9.43. The number of para-hydroxylation sites is 1. The first-order chi connectivity index (χ1) is 29.7. The third-order valence-corrected chi connectivity index (χ3v) is 15.6. The Morgan fingerprint density at radius 1 is 0.969 bits per heavy atom. The number of imide groups is 1. The molecule has 0 aromatic heterocycles. The molecule has 2 N–H and O–H groups in total. The number of rotatable bonds is 14. The summed E-state index contributed by atoms with van der Waals surface area (Å²) in [6, 6.07) is 3.02. The smallest absolute Gasteiger partial charge is 0.461 e. The number of urea groups is 1. The molecule has 7 rings (SSSR count). The van der Waals surface area contributed by atoms with E-state index in [1.165, 1.54) is 12.0 Å². The third-order valence-electron chi connectivity index (χ3n) is 14.0. The summed E-state index contributed by atoms with van der Waals surface area (Å²) in [4.78, 5) is 83.4. The molecule has 1 unspecified atom stereocenters. The van der Waals surface area contributed by atoms with E-state index >= 15 is 4.79 Å². The molecule has 0 spiro atoms. The molecule has 354 valence electrons. The first-order valence-electron chi connectivity index (χ1n) is 22.7. The molecule has 5 amide bonds. The summed E-state index contributed by atoms with van der Waals surface area (Å²) in [6.45, 7) is 19.3. The molecule has 17 nitrogen and oxygen atoms in total. The average molecular weight is 914 g/mol. The Balaban J connectivity index is 1.31. The van der Waals surface area contributed by atoms with Gasteiger partial charge in [-0.2, -0.15) is 12.7 Å². The standard InChI is InChI=1S/C45H68BN5O12S/c1-12-49-20-21-51(39(55)38(49)54)41(57)47-36(27-16-18-50(19-17-27)64(58,59)48-35(53)26-42(2,3)4)32(52)25-30(46-62-34-24-29-23-33(44(29,8)9)45(34,10)63-46)22-28-14-13-15-31(37(28)60-11)40(56)61-43(5,6)7/h13-15,27,29-30,33-34,36H,12,16-26H2,1-11H3,(H,47,57)(H,48,53)/t29-,30+,33-,34+,36?,45-/m0/s1. The van der Waals surface area contributed by atoms with E-state index < -0.39 is 87.2 Å². The summed E-state index contributed by atoms with van der Waals surface area (Å²) in [6.07, 6.45) is 1.80. The maximum absolute atomic E-state index is 15.1. The van der Waals surface area contributed by atoms with Crippen LogP contribution in [0, 0.1) is 28.6 Å². The molecule has 6 aliphatic rings. The topological polar surface area (TPSA) is 207 Å². The number of hydrogen-bond donors (Lipinski definition) is 2. The molecule has 1 aromatic rings. The molecule has 0 radical (unpaired) electrons. The van der Waals surface area contributed by atoms with Crippen molar-refractivity contribution in [1.82, 2.24) is 24.1 Å². The van der Waals surface area contributed by atoms with E-state index in [0.717, 1.165) is 22.0 Å². The second kappa shape index (κ2) is 18.3. The molecular weight excluding hydrogens is 845 g/mol. The molecule has 19 heteroatoms. The van der Waals surface area contributed by atoms with Crippen molar-refractivity contribution in [3.05, 3.63) is 29.3 Å². The van der Waals surface area contributed by atoms with E-state index in [0.29, 0.717) is 11.5 Å². The van der Waals surface area contributed by atoms with Crippen LogP contribution in [0.4, 0.5) is 4.79 Å². The van der Waals surface area contributed by atoms with E-state index in [1.54, 1.807) is 39.8 Å². The highest BCUT2D eigenvalue weighted by atomic mass is 32.2. The quantitative estimate of drug-likeness (QED) is 0.150. The van der Waals surface area contributed by atoms with Gasteiger partial charge in [-0.3, -0.25) is 24.1 Å². The van der Waals surface area contributed by atoms with Crippen LogP contribution in [0.5, 0.6) is 5.75 Å². The number of carbonyl (C=O) groups excluding carboxylic acids is 6. The molecule has 3 heterocycles. The van der Waals surface area contributed by atoms with E-state index in [9.17, 15) is 32.4 Å². The summed E-state index contributed by atoms with van der Waals surface area (Å²) in [5.41, 5.74) is -1.01. The summed E-state index contributed by atoms with van der Waals surface area (Å²) < 4.78 is 55.3. The van der Waals surface area contributed by atoms with Gasteiger partial charge in [-0.05, 0) is 107 Å². The number of Topliss-reactive ketones (excluding diaryl/α,β-unsaturated/α-hetero) is 1. The van der Waals surface area contributed by atoms with Crippen molar-refractivity contribution in [2.24, 2.45) is 28.6 Å². The number of benzene rings is 1. The summed E-state index contributed by atoms with van der Waals surface area (Å²) in [5, 5.41) is 2.80. The zero-order valence-corrected chi connectivity index (χ0v) is 40.2. The van der Waals surface area contributed by atoms with Crippen LogP contribution in [0.15, 0.2) is 18.2 Å². The SMILES string of the molecule is CCN1CCN(C(=O)NC(C(=O)C[C@@H](Cc2cccc(C(=O)OC(C)(C)C)c2OC)B2O[C@@H]3C[C@@H]4C[C@@H](C4(C)C)[C@]3(C)O2)C2CCN(S(=O)(=O)NC(=O)CC(C)(C)C)CC2)C(=O)C1=O. The van der Waals surface area contributed by atoms with Crippen molar-refractivity contribution < 1.29 is 56.0 Å². The van der Waals surface area contributed by atoms with Crippen LogP contribution < -0.4 is 14.8 Å². The van der Waals surface area contributed by atoms with E-state index in [2.05, 4.69) is 30.8 Å². The Bertz CT molecular complexity index is 2110. The van der Waals surface area contributed by atoms with Crippen LogP contribution in [0.3, 0.4) is 0 Å². The first-order valence-corrected chi connectivity index (χ1v) is 24.1. The van der Waals surface area contributed by atoms with Gasteiger partial charge in [-0.25, -0.2) is 14.3 Å². The number of nitrogens with one attached hydrogen (secondary N) is 2. The Kier molecular flexibility index (Phi) is 14.1. The van der Waals surface area contributed by atoms with Gasteiger partial charge in [0.2, 0.25) is 5.91 Å². The second-order valence-electron chi connectivity index (χ2n) is 21.2. The number of amides is 5. The van der Waals surface area contributed by atoms with Gasteiger partial charge in [0.25, 0.3) is 0 Å². The molecule has 3 saturated heterocycles. The number of methoxy groups -OCH3 is 1. The summed E-state index contributed by atoms with van der Waals surface area (Å²) in [7, 11) is -3.63. The molecule has 64 heavy (non-hydrogen) atoms. The molecule has 6 atom stereocenters. The maximum atomic E-state index is 15.1. The van der Waals surface area contributed by atoms with E-state index in [1.807, 2.05) is 26.8 Å². The van der Waals surface area contributed by atoms with Gasteiger partial charge in [0, 0.05) is 51.4 Å². The highest BCUT2D eigenvalue weighted by molar-refractivity contribution is 7.87. The van der Waals surface area contributed by atoms with Gasteiger partial charge in [0.1, 0.15) is 16.9 Å². The van der Waals surface area contributed by atoms with Crippen molar-refractivity contribution in [3.63, 3.8) is 0 Å². The average Bonchev–Trinajstić information content (AvgIpc) is 3.56. The predicted octanol–water partition coefficient (Wildman–Crippen LogP) is 4.53. The highest BCUT2D eigenvalue weighted by Crippen LogP contribution is 2.66. The van der Waals surface area contributed by atoms with Crippen LogP contribution in [0.1, 0.15) is 124 Å². The lowest BCUT2D eigenvalue weighted by molar-refractivity contribution is -0.199. The van der Waals surface area contributed by atoms with Gasteiger partial charge in [-0.1, -0.05) is 46.8 Å². The van der Waals surface area contributed by atoms with Crippen LogP contribution in [-0.2, 0) is 49.9 Å². The highest BCUT2D eigenvalue weighted by Gasteiger charge is 2.68. The fourth-order valence-electron chi connectivity index (χ4n) is 10.5. The van der Waals surface area contributed by atoms with Crippen molar-refractivity contribution >= 4 is 52.8 Å². The number of hydrogen-bond acceptors (Lipinski definition) is 12. The number of nitrogens with zero attached hydrogens (tertiary/aromatic N) is 3. The number of ether oxygens (including phenoxy) is 2. The molecule has 1 aromatic carbocycles. The zero-order chi connectivity index (χ0) is 47.3. The Hall–Kier alpha value is -4.07. The number of ketones is 1. The normalized spacial score (nSPS) is 26.1. The zero-order valence-electron chi connectivity index (χ0n) is 39.4. The lowest BCUT2D eigenvalue weighted by Gasteiger charge is -2.64. The molecule has 3 saturated carbocycles.